The maximum Gasteiger partial charge on any atom is 0.217 e. The quantitative estimate of drug-likeness (QED) is 0.659. The summed E-state index contributed by atoms with van der Waals surface area (Å²) in [6.45, 7) is 3.60. The van der Waals surface area contributed by atoms with Gasteiger partial charge in [0.1, 0.15) is 0 Å². The third-order valence-electron chi connectivity index (χ3n) is 6.90. The van der Waals surface area contributed by atoms with Gasteiger partial charge in [-0.15, -0.1) is 0 Å². The number of likely N-dealkylation sites (tertiary alicyclic amines) is 1. The molecule has 0 aromatic heterocycles. The van der Waals surface area contributed by atoms with Gasteiger partial charge in [-0.25, -0.2) is 12.7 Å². The van der Waals surface area contributed by atoms with Gasteiger partial charge < -0.3 is 11.5 Å². The number of piperidine rings is 1. The summed E-state index contributed by atoms with van der Waals surface area (Å²) in [6.07, 6.45) is 11.7. The molecule has 3 aliphatic rings. The molecule has 0 bridgehead atoms. The standard InChI is InChI=1S/C19H38N4O2S/c20-15-18(21)19(8-7-16-5-2-1-3-6-16)22-13-9-17(10-14-22)26(24,25)23-11-4-12-23/h16-19H,1-15,20-21H2. The first kappa shape index (κ1) is 20.5. The van der Waals surface area contributed by atoms with Gasteiger partial charge in [0.25, 0.3) is 0 Å². The van der Waals surface area contributed by atoms with Gasteiger partial charge in [-0.3, -0.25) is 4.90 Å². The average molecular weight is 387 g/mol. The van der Waals surface area contributed by atoms with Crippen LogP contribution in [0.15, 0.2) is 0 Å². The molecule has 4 N–H and O–H groups in total. The lowest BCUT2D eigenvalue weighted by atomic mass is 9.84. The molecule has 7 heteroatoms. The first-order valence-electron chi connectivity index (χ1n) is 10.7. The summed E-state index contributed by atoms with van der Waals surface area (Å²) in [7, 11) is -3.08. The second kappa shape index (κ2) is 9.32. The summed E-state index contributed by atoms with van der Waals surface area (Å²) in [4.78, 5) is 2.43. The Hall–Kier alpha value is -0.210. The molecule has 2 aliphatic heterocycles. The van der Waals surface area contributed by atoms with E-state index in [0.29, 0.717) is 25.7 Å². The van der Waals surface area contributed by atoms with Crippen molar-refractivity contribution in [3.63, 3.8) is 0 Å². The van der Waals surface area contributed by atoms with E-state index in [1.807, 2.05) is 0 Å². The molecule has 1 aliphatic carbocycles. The lowest BCUT2D eigenvalue weighted by Gasteiger charge is -2.42. The van der Waals surface area contributed by atoms with Crippen LogP contribution in [-0.2, 0) is 10.0 Å². The van der Waals surface area contributed by atoms with Crippen molar-refractivity contribution in [3.05, 3.63) is 0 Å². The second-order valence-corrected chi connectivity index (χ2v) is 10.8. The molecule has 26 heavy (non-hydrogen) atoms. The molecular formula is C19H38N4O2S. The molecule has 6 nitrogen and oxygen atoms in total. The number of nitrogens with zero attached hydrogens (tertiary/aromatic N) is 2. The molecule has 0 spiro atoms. The van der Waals surface area contributed by atoms with Crippen LogP contribution in [0, 0.1) is 5.92 Å². The fraction of sp³-hybridized carbons (Fsp3) is 1.00. The van der Waals surface area contributed by atoms with Crippen LogP contribution >= 0.6 is 0 Å². The van der Waals surface area contributed by atoms with E-state index >= 15 is 0 Å². The number of hydrogen-bond donors (Lipinski definition) is 2. The van der Waals surface area contributed by atoms with E-state index in [0.717, 1.165) is 44.7 Å². The Balaban J connectivity index is 1.52. The third kappa shape index (κ3) is 4.79. The Morgan fingerprint density at radius 2 is 1.58 bits per heavy atom. The van der Waals surface area contributed by atoms with Crippen LogP contribution in [-0.4, -0.2) is 67.7 Å². The number of hydrogen-bond acceptors (Lipinski definition) is 5. The average Bonchev–Trinajstić information content (AvgIpc) is 2.61. The third-order valence-corrected chi connectivity index (χ3v) is 9.30. The predicted octanol–water partition coefficient (Wildman–Crippen LogP) is 1.50. The van der Waals surface area contributed by atoms with Crippen molar-refractivity contribution in [2.45, 2.75) is 81.5 Å². The van der Waals surface area contributed by atoms with Crippen LogP contribution in [0.4, 0.5) is 0 Å². The summed E-state index contributed by atoms with van der Waals surface area (Å²) in [5, 5.41) is -0.202. The van der Waals surface area contributed by atoms with Crippen molar-refractivity contribution in [1.82, 2.24) is 9.21 Å². The second-order valence-electron chi connectivity index (χ2n) is 8.58. The van der Waals surface area contributed by atoms with Crippen LogP contribution in [0.1, 0.15) is 64.2 Å². The van der Waals surface area contributed by atoms with Gasteiger partial charge in [0, 0.05) is 31.7 Å². The van der Waals surface area contributed by atoms with E-state index in [4.69, 9.17) is 11.5 Å². The highest BCUT2D eigenvalue weighted by atomic mass is 32.2. The SMILES string of the molecule is NCC(N)C(CCC1CCCCC1)N1CCC(S(=O)(=O)N2CCC2)CC1. The van der Waals surface area contributed by atoms with E-state index < -0.39 is 10.0 Å². The first-order chi connectivity index (χ1) is 12.5. The smallest absolute Gasteiger partial charge is 0.217 e. The van der Waals surface area contributed by atoms with E-state index in [9.17, 15) is 8.42 Å². The Bertz CT molecular complexity index is 524. The maximum absolute atomic E-state index is 12.6. The van der Waals surface area contributed by atoms with E-state index in [1.165, 1.54) is 38.5 Å². The van der Waals surface area contributed by atoms with Gasteiger partial charge in [0.15, 0.2) is 0 Å². The molecule has 2 unspecified atom stereocenters. The minimum atomic E-state index is -3.08. The van der Waals surface area contributed by atoms with Gasteiger partial charge in [0.05, 0.1) is 5.25 Å². The van der Waals surface area contributed by atoms with Gasteiger partial charge in [-0.05, 0) is 51.1 Å². The summed E-state index contributed by atoms with van der Waals surface area (Å²) in [5.74, 6) is 0.848. The molecule has 2 saturated heterocycles. The van der Waals surface area contributed by atoms with Gasteiger partial charge in [-0.1, -0.05) is 32.1 Å². The van der Waals surface area contributed by atoms with Crippen LogP contribution in [0.25, 0.3) is 0 Å². The zero-order valence-electron chi connectivity index (χ0n) is 16.2. The van der Waals surface area contributed by atoms with Crippen LogP contribution in [0.3, 0.4) is 0 Å². The maximum atomic E-state index is 12.6. The Morgan fingerprint density at radius 3 is 2.12 bits per heavy atom. The monoisotopic (exact) mass is 386 g/mol. The van der Waals surface area contributed by atoms with E-state index in [-0.39, 0.29) is 11.3 Å². The molecule has 0 aromatic carbocycles. The molecular weight excluding hydrogens is 348 g/mol. The molecule has 152 valence electrons. The molecule has 0 aromatic rings. The summed E-state index contributed by atoms with van der Waals surface area (Å²) in [5.41, 5.74) is 12.3. The van der Waals surface area contributed by atoms with Crippen molar-refractivity contribution in [1.29, 1.82) is 0 Å². The minimum Gasteiger partial charge on any atom is -0.329 e. The fourth-order valence-corrected chi connectivity index (χ4v) is 6.96. The van der Waals surface area contributed by atoms with Crippen molar-refractivity contribution in [2.75, 3.05) is 32.7 Å². The highest BCUT2D eigenvalue weighted by molar-refractivity contribution is 7.89. The van der Waals surface area contributed by atoms with Crippen molar-refractivity contribution in [2.24, 2.45) is 17.4 Å². The predicted molar refractivity (Wildman–Crippen MR) is 106 cm³/mol. The molecule has 0 amide bonds. The molecule has 2 heterocycles. The van der Waals surface area contributed by atoms with E-state index in [2.05, 4.69) is 4.90 Å². The summed E-state index contributed by atoms with van der Waals surface area (Å²) < 4.78 is 26.9. The lowest BCUT2D eigenvalue weighted by molar-refractivity contribution is 0.126. The Morgan fingerprint density at radius 1 is 0.923 bits per heavy atom. The zero-order valence-corrected chi connectivity index (χ0v) is 17.0. The largest absolute Gasteiger partial charge is 0.329 e. The molecule has 1 saturated carbocycles. The van der Waals surface area contributed by atoms with Crippen molar-refractivity contribution in [3.8, 4) is 0 Å². The normalized spacial score (nSPS) is 27.2. The fourth-order valence-electron chi connectivity index (χ4n) is 4.96. The molecule has 0 radical (unpaired) electrons. The van der Waals surface area contributed by atoms with E-state index in [1.54, 1.807) is 4.31 Å². The zero-order chi connectivity index (χ0) is 18.6. The molecule has 3 fully saturated rings. The van der Waals surface area contributed by atoms with Crippen LogP contribution in [0.5, 0.6) is 0 Å². The van der Waals surface area contributed by atoms with Crippen LogP contribution < -0.4 is 11.5 Å². The Labute approximate surface area is 159 Å². The van der Waals surface area contributed by atoms with Gasteiger partial charge in [-0.2, -0.15) is 0 Å². The van der Waals surface area contributed by atoms with Crippen molar-refractivity contribution < 1.29 is 8.42 Å². The van der Waals surface area contributed by atoms with Crippen molar-refractivity contribution >= 4 is 10.0 Å². The van der Waals surface area contributed by atoms with Gasteiger partial charge >= 0.3 is 0 Å². The highest BCUT2D eigenvalue weighted by Crippen LogP contribution is 2.30. The highest BCUT2D eigenvalue weighted by Gasteiger charge is 2.38. The molecule has 2 atom stereocenters. The summed E-state index contributed by atoms with van der Waals surface area (Å²) >= 11 is 0. The molecule has 3 rings (SSSR count). The topological polar surface area (TPSA) is 92.7 Å². The van der Waals surface area contributed by atoms with Gasteiger partial charge in [0.2, 0.25) is 10.0 Å². The number of rotatable bonds is 8. The summed E-state index contributed by atoms with van der Waals surface area (Å²) in [6, 6.07) is 0.289. The number of sulfonamides is 1. The minimum absolute atomic E-state index is 0.0119. The lowest BCUT2D eigenvalue weighted by Crippen LogP contribution is -2.56. The first-order valence-corrected chi connectivity index (χ1v) is 12.2. The number of nitrogens with two attached hydrogens (primary N) is 2. The van der Waals surface area contributed by atoms with Crippen LogP contribution in [0.2, 0.25) is 0 Å². The Kier molecular flexibility index (Phi) is 7.36.